The molecule has 3 N–H and O–H groups in total. The standard InChI is InChI=1S/C11H9I2NOS.ClH/c12-6-4-7(11(15)8(13)5-6)10(14)9-2-1-3-16-9;/h1-5,10,15H,14H2;1H/t10-;/m1./s1. The second-order valence-electron chi connectivity index (χ2n) is 3.32. The molecule has 0 aliphatic rings. The van der Waals surface area contributed by atoms with Gasteiger partial charge in [-0.3, -0.25) is 0 Å². The van der Waals surface area contributed by atoms with Crippen LogP contribution in [0.15, 0.2) is 29.6 Å². The molecule has 0 fully saturated rings. The zero-order valence-electron chi connectivity index (χ0n) is 8.56. The minimum absolute atomic E-state index is 0. The molecule has 0 amide bonds. The molecule has 1 aromatic carbocycles. The Hall–Kier alpha value is 0.430. The molecule has 0 aliphatic heterocycles. The summed E-state index contributed by atoms with van der Waals surface area (Å²) in [6.45, 7) is 0. The number of aromatic hydroxyl groups is 1. The molecular formula is C11H10ClI2NOS. The average molecular weight is 494 g/mol. The Bertz CT molecular complexity index is 504. The first-order valence-electron chi connectivity index (χ1n) is 4.56. The lowest BCUT2D eigenvalue weighted by molar-refractivity contribution is 0.461. The molecule has 0 saturated heterocycles. The first-order valence-corrected chi connectivity index (χ1v) is 7.60. The number of phenols is 1. The van der Waals surface area contributed by atoms with Gasteiger partial charge in [0, 0.05) is 14.0 Å². The van der Waals surface area contributed by atoms with Crippen LogP contribution in [0.4, 0.5) is 0 Å². The molecule has 2 aromatic rings. The Morgan fingerprint density at radius 1 is 1.29 bits per heavy atom. The lowest BCUT2D eigenvalue weighted by atomic mass is 10.1. The number of halogens is 3. The van der Waals surface area contributed by atoms with E-state index in [4.69, 9.17) is 5.73 Å². The van der Waals surface area contributed by atoms with Crippen LogP contribution in [0.2, 0.25) is 0 Å². The summed E-state index contributed by atoms with van der Waals surface area (Å²) in [4.78, 5) is 1.06. The molecular weight excluding hydrogens is 483 g/mol. The van der Waals surface area contributed by atoms with Crippen molar-refractivity contribution >= 4 is 68.9 Å². The molecule has 17 heavy (non-hydrogen) atoms. The van der Waals surface area contributed by atoms with Crippen molar-refractivity contribution < 1.29 is 5.11 Å². The van der Waals surface area contributed by atoms with E-state index >= 15 is 0 Å². The van der Waals surface area contributed by atoms with Crippen LogP contribution in [0.25, 0.3) is 0 Å². The third-order valence-corrected chi connectivity index (χ3v) is 4.64. The number of hydrogen-bond donors (Lipinski definition) is 2. The minimum Gasteiger partial charge on any atom is -0.506 e. The molecule has 92 valence electrons. The van der Waals surface area contributed by atoms with Crippen LogP contribution in [-0.2, 0) is 0 Å². The lowest BCUT2D eigenvalue weighted by Crippen LogP contribution is -2.11. The molecule has 1 heterocycles. The first kappa shape index (κ1) is 15.5. The summed E-state index contributed by atoms with van der Waals surface area (Å²) >= 11 is 5.96. The molecule has 0 aliphatic carbocycles. The normalized spacial score (nSPS) is 11.9. The number of nitrogens with two attached hydrogens (primary N) is 1. The highest BCUT2D eigenvalue weighted by molar-refractivity contribution is 14.1. The van der Waals surface area contributed by atoms with Crippen molar-refractivity contribution in [1.82, 2.24) is 0 Å². The van der Waals surface area contributed by atoms with Gasteiger partial charge in [0.1, 0.15) is 5.75 Å². The smallest absolute Gasteiger partial charge is 0.134 e. The van der Waals surface area contributed by atoms with Crippen LogP contribution in [0, 0.1) is 7.14 Å². The fourth-order valence-electron chi connectivity index (χ4n) is 1.44. The average Bonchev–Trinajstić information content (AvgIpc) is 2.75. The third kappa shape index (κ3) is 3.46. The summed E-state index contributed by atoms with van der Waals surface area (Å²) in [5, 5.41) is 12.0. The van der Waals surface area contributed by atoms with Gasteiger partial charge in [0.15, 0.2) is 0 Å². The Morgan fingerprint density at radius 3 is 2.59 bits per heavy atom. The predicted octanol–water partition coefficient (Wildman–Crippen LogP) is 4.13. The number of hydrogen-bond acceptors (Lipinski definition) is 3. The third-order valence-electron chi connectivity index (χ3n) is 2.24. The van der Waals surface area contributed by atoms with E-state index in [1.807, 2.05) is 29.6 Å². The summed E-state index contributed by atoms with van der Waals surface area (Å²) in [5.41, 5.74) is 6.93. The second kappa shape index (κ2) is 6.55. The van der Waals surface area contributed by atoms with Crippen molar-refractivity contribution in [2.75, 3.05) is 0 Å². The number of rotatable bonds is 2. The van der Waals surface area contributed by atoms with Gasteiger partial charge in [-0.05, 0) is 68.8 Å². The Labute approximate surface area is 137 Å². The zero-order valence-corrected chi connectivity index (χ0v) is 14.5. The molecule has 0 bridgehead atoms. The number of thiophene rings is 1. The van der Waals surface area contributed by atoms with Crippen molar-refractivity contribution in [2.45, 2.75) is 6.04 Å². The highest BCUT2D eigenvalue weighted by Crippen LogP contribution is 2.34. The minimum atomic E-state index is -0.247. The van der Waals surface area contributed by atoms with Crippen molar-refractivity contribution in [3.8, 4) is 5.75 Å². The molecule has 0 spiro atoms. The monoisotopic (exact) mass is 493 g/mol. The lowest BCUT2D eigenvalue weighted by Gasteiger charge is -2.13. The molecule has 0 saturated carbocycles. The molecule has 1 atom stereocenters. The van der Waals surface area contributed by atoms with Crippen LogP contribution in [0.3, 0.4) is 0 Å². The topological polar surface area (TPSA) is 46.2 Å². The van der Waals surface area contributed by atoms with Crippen LogP contribution < -0.4 is 5.73 Å². The Morgan fingerprint density at radius 2 is 2.00 bits per heavy atom. The van der Waals surface area contributed by atoms with Gasteiger partial charge in [-0.2, -0.15) is 0 Å². The summed E-state index contributed by atoms with van der Waals surface area (Å²) in [6.07, 6.45) is 0. The SMILES string of the molecule is Cl.N[C@@H](c1cccs1)c1cc(I)cc(I)c1O. The first-order chi connectivity index (χ1) is 7.59. The van der Waals surface area contributed by atoms with E-state index in [0.29, 0.717) is 5.75 Å². The van der Waals surface area contributed by atoms with Gasteiger partial charge in [0.25, 0.3) is 0 Å². The van der Waals surface area contributed by atoms with Crippen LogP contribution >= 0.6 is 68.9 Å². The maximum Gasteiger partial charge on any atom is 0.134 e. The summed E-state index contributed by atoms with van der Waals surface area (Å²) in [5.74, 6) is 0.293. The molecule has 0 radical (unpaired) electrons. The maximum atomic E-state index is 10.0. The fraction of sp³-hybridized carbons (Fsp3) is 0.0909. The highest BCUT2D eigenvalue weighted by atomic mass is 127. The molecule has 1 aromatic heterocycles. The molecule has 0 unspecified atom stereocenters. The zero-order chi connectivity index (χ0) is 11.7. The van der Waals surface area contributed by atoms with Crippen LogP contribution in [0.1, 0.15) is 16.5 Å². The van der Waals surface area contributed by atoms with E-state index in [1.54, 1.807) is 11.3 Å². The Balaban J connectivity index is 0.00000144. The molecule has 6 heteroatoms. The van der Waals surface area contributed by atoms with Gasteiger partial charge in [-0.25, -0.2) is 0 Å². The molecule has 2 nitrogen and oxygen atoms in total. The van der Waals surface area contributed by atoms with E-state index in [2.05, 4.69) is 45.2 Å². The summed E-state index contributed by atoms with van der Waals surface area (Å²) in [6, 6.07) is 7.57. The predicted molar refractivity (Wildman–Crippen MR) is 91.1 cm³/mol. The van der Waals surface area contributed by atoms with E-state index in [-0.39, 0.29) is 18.4 Å². The van der Waals surface area contributed by atoms with Crippen LogP contribution in [-0.4, -0.2) is 5.11 Å². The summed E-state index contributed by atoms with van der Waals surface area (Å²) in [7, 11) is 0. The highest BCUT2D eigenvalue weighted by Gasteiger charge is 2.16. The van der Waals surface area contributed by atoms with Gasteiger partial charge < -0.3 is 10.8 Å². The van der Waals surface area contributed by atoms with E-state index < -0.39 is 0 Å². The maximum absolute atomic E-state index is 10.0. The molecule has 2 rings (SSSR count). The second-order valence-corrected chi connectivity index (χ2v) is 6.71. The fourth-order valence-corrected chi connectivity index (χ4v) is 4.08. The van der Waals surface area contributed by atoms with Crippen molar-refractivity contribution in [1.29, 1.82) is 0 Å². The van der Waals surface area contributed by atoms with Crippen LogP contribution in [0.5, 0.6) is 5.75 Å². The van der Waals surface area contributed by atoms with Crippen molar-refractivity contribution in [3.63, 3.8) is 0 Å². The largest absolute Gasteiger partial charge is 0.506 e. The van der Waals surface area contributed by atoms with Gasteiger partial charge >= 0.3 is 0 Å². The van der Waals surface area contributed by atoms with Gasteiger partial charge in [-0.1, -0.05) is 6.07 Å². The number of phenolic OH excluding ortho intramolecular Hbond substituents is 1. The van der Waals surface area contributed by atoms with E-state index in [0.717, 1.165) is 17.6 Å². The van der Waals surface area contributed by atoms with Crippen molar-refractivity contribution in [2.24, 2.45) is 5.73 Å². The Kier molecular flexibility index (Phi) is 5.97. The van der Waals surface area contributed by atoms with Gasteiger partial charge in [0.05, 0.1) is 9.61 Å². The number of benzene rings is 1. The van der Waals surface area contributed by atoms with E-state index in [1.165, 1.54) is 0 Å². The van der Waals surface area contributed by atoms with Gasteiger partial charge in [-0.15, -0.1) is 23.7 Å². The van der Waals surface area contributed by atoms with Crippen molar-refractivity contribution in [3.05, 3.63) is 47.2 Å². The van der Waals surface area contributed by atoms with Gasteiger partial charge in [0.2, 0.25) is 0 Å². The van der Waals surface area contributed by atoms with E-state index in [9.17, 15) is 5.11 Å². The summed E-state index contributed by atoms with van der Waals surface area (Å²) < 4.78 is 1.92. The quantitative estimate of drug-likeness (QED) is 0.618.